The van der Waals surface area contributed by atoms with Crippen molar-refractivity contribution < 1.29 is 9.84 Å². The van der Waals surface area contributed by atoms with Gasteiger partial charge in [0.25, 0.3) is 0 Å². The van der Waals surface area contributed by atoms with Gasteiger partial charge in [0.1, 0.15) is 5.82 Å². The Morgan fingerprint density at radius 2 is 2.26 bits per heavy atom. The number of likely N-dealkylation sites (tertiary alicyclic amines) is 1. The molecule has 0 saturated carbocycles. The standard InChI is InChI=1S/C18H25N3O2/c1-23-10-9-21-8-4-6-16(12-21)19-18-15(13-22)11-14-5-2-3-7-17(14)20-18/h2-3,5,7,11,16,22H,4,6,8-10,12-13H2,1H3,(H,19,20)/t16-/m0/s1. The molecule has 2 heterocycles. The summed E-state index contributed by atoms with van der Waals surface area (Å²) in [7, 11) is 1.74. The van der Waals surface area contributed by atoms with Gasteiger partial charge < -0.3 is 15.2 Å². The molecule has 1 aliphatic rings. The SMILES string of the molecule is COCCN1CCC[C@H](Nc2nc3ccccc3cc2CO)C1. The van der Waals surface area contributed by atoms with E-state index in [0.717, 1.165) is 54.9 Å². The summed E-state index contributed by atoms with van der Waals surface area (Å²) in [6.07, 6.45) is 2.30. The van der Waals surface area contributed by atoms with Crippen molar-refractivity contribution in [1.29, 1.82) is 0 Å². The zero-order valence-electron chi connectivity index (χ0n) is 13.7. The number of anilines is 1. The summed E-state index contributed by atoms with van der Waals surface area (Å²) in [5, 5.41) is 14.3. The third-order valence-corrected chi connectivity index (χ3v) is 4.43. The van der Waals surface area contributed by atoms with Gasteiger partial charge in [0, 0.05) is 37.2 Å². The fourth-order valence-corrected chi connectivity index (χ4v) is 3.20. The number of aliphatic hydroxyl groups excluding tert-OH is 1. The molecule has 5 heteroatoms. The third kappa shape index (κ3) is 3.99. The van der Waals surface area contributed by atoms with Crippen molar-refractivity contribution in [2.75, 3.05) is 38.7 Å². The molecule has 1 fully saturated rings. The molecule has 1 aromatic carbocycles. The number of pyridine rings is 1. The van der Waals surface area contributed by atoms with Gasteiger partial charge in [-0.1, -0.05) is 18.2 Å². The molecule has 0 spiro atoms. The molecule has 1 aliphatic heterocycles. The summed E-state index contributed by atoms with van der Waals surface area (Å²) in [5.74, 6) is 0.810. The van der Waals surface area contributed by atoms with Crippen molar-refractivity contribution in [3.63, 3.8) is 0 Å². The largest absolute Gasteiger partial charge is 0.392 e. The first-order valence-electron chi connectivity index (χ1n) is 8.27. The first-order valence-corrected chi connectivity index (χ1v) is 8.27. The lowest BCUT2D eigenvalue weighted by molar-refractivity contribution is 0.131. The van der Waals surface area contributed by atoms with E-state index >= 15 is 0 Å². The second-order valence-corrected chi connectivity index (χ2v) is 6.12. The average Bonchev–Trinajstić information content (AvgIpc) is 2.59. The Hall–Kier alpha value is -1.69. The van der Waals surface area contributed by atoms with E-state index in [2.05, 4.69) is 10.2 Å². The molecule has 0 aliphatic carbocycles. The number of para-hydroxylation sites is 1. The van der Waals surface area contributed by atoms with Gasteiger partial charge in [-0.05, 0) is 31.5 Å². The van der Waals surface area contributed by atoms with Gasteiger partial charge in [0.2, 0.25) is 0 Å². The molecule has 2 N–H and O–H groups in total. The molecule has 0 amide bonds. The number of aliphatic hydroxyl groups is 1. The lowest BCUT2D eigenvalue weighted by atomic mass is 10.0. The first kappa shape index (κ1) is 16.2. The minimum atomic E-state index is 0.000274. The van der Waals surface area contributed by atoms with Crippen molar-refractivity contribution in [2.24, 2.45) is 0 Å². The molecular formula is C18H25N3O2. The number of fused-ring (bicyclic) bond motifs is 1. The molecule has 0 radical (unpaired) electrons. The van der Waals surface area contributed by atoms with Gasteiger partial charge in [0.15, 0.2) is 0 Å². The summed E-state index contributed by atoms with van der Waals surface area (Å²) >= 11 is 0. The molecule has 3 rings (SSSR count). The van der Waals surface area contributed by atoms with Crippen molar-refractivity contribution in [2.45, 2.75) is 25.5 Å². The molecule has 2 aromatic rings. The number of hydrogen-bond donors (Lipinski definition) is 2. The van der Waals surface area contributed by atoms with E-state index in [1.807, 2.05) is 30.3 Å². The summed E-state index contributed by atoms with van der Waals surface area (Å²) in [4.78, 5) is 7.13. The van der Waals surface area contributed by atoms with E-state index in [0.29, 0.717) is 6.04 Å². The van der Waals surface area contributed by atoms with E-state index in [-0.39, 0.29) is 6.61 Å². The Balaban J connectivity index is 1.74. The topological polar surface area (TPSA) is 57.6 Å². The second-order valence-electron chi connectivity index (χ2n) is 6.12. The number of ether oxygens (including phenoxy) is 1. The average molecular weight is 315 g/mol. The number of nitrogens with one attached hydrogen (secondary N) is 1. The number of benzene rings is 1. The lowest BCUT2D eigenvalue weighted by Crippen LogP contribution is -2.43. The summed E-state index contributed by atoms with van der Waals surface area (Å²) < 4.78 is 5.18. The van der Waals surface area contributed by atoms with Crippen LogP contribution in [0.1, 0.15) is 18.4 Å². The molecule has 23 heavy (non-hydrogen) atoms. The van der Waals surface area contributed by atoms with E-state index in [9.17, 15) is 5.11 Å². The summed E-state index contributed by atoms with van der Waals surface area (Å²) in [5.41, 5.74) is 1.82. The normalized spacial score (nSPS) is 19.1. The van der Waals surface area contributed by atoms with Crippen LogP contribution in [0.3, 0.4) is 0 Å². The quantitative estimate of drug-likeness (QED) is 0.856. The van der Waals surface area contributed by atoms with Gasteiger partial charge >= 0.3 is 0 Å². The predicted molar refractivity (Wildman–Crippen MR) is 92.6 cm³/mol. The molecule has 0 unspecified atom stereocenters. The maximum Gasteiger partial charge on any atom is 0.132 e. The van der Waals surface area contributed by atoms with E-state index in [1.54, 1.807) is 7.11 Å². The van der Waals surface area contributed by atoms with Crippen molar-refractivity contribution in [1.82, 2.24) is 9.88 Å². The van der Waals surface area contributed by atoms with Crippen molar-refractivity contribution in [3.05, 3.63) is 35.9 Å². The Morgan fingerprint density at radius 1 is 1.39 bits per heavy atom. The van der Waals surface area contributed by atoms with Crippen LogP contribution in [-0.4, -0.2) is 54.4 Å². The molecule has 1 aromatic heterocycles. The first-order chi connectivity index (χ1) is 11.3. The van der Waals surface area contributed by atoms with Crippen LogP contribution in [0.25, 0.3) is 10.9 Å². The minimum absolute atomic E-state index is 0.000274. The van der Waals surface area contributed by atoms with Crippen LogP contribution in [0.2, 0.25) is 0 Å². The van der Waals surface area contributed by atoms with Crippen molar-refractivity contribution >= 4 is 16.7 Å². The van der Waals surface area contributed by atoms with Crippen LogP contribution in [0.5, 0.6) is 0 Å². The van der Waals surface area contributed by atoms with Gasteiger partial charge in [-0.15, -0.1) is 0 Å². The number of methoxy groups -OCH3 is 1. The van der Waals surface area contributed by atoms with Gasteiger partial charge in [0.05, 0.1) is 18.7 Å². The summed E-state index contributed by atoms with van der Waals surface area (Å²) in [6.45, 7) is 3.85. The van der Waals surface area contributed by atoms with E-state index in [4.69, 9.17) is 9.72 Å². The number of nitrogens with zero attached hydrogens (tertiary/aromatic N) is 2. The maximum absolute atomic E-state index is 9.67. The Kier molecular flexibility index (Phi) is 5.43. The van der Waals surface area contributed by atoms with Crippen LogP contribution in [-0.2, 0) is 11.3 Å². The van der Waals surface area contributed by atoms with E-state index < -0.39 is 0 Å². The second kappa shape index (κ2) is 7.73. The van der Waals surface area contributed by atoms with Crippen LogP contribution >= 0.6 is 0 Å². The number of aromatic nitrogens is 1. The maximum atomic E-state index is 9.67. The van der Waals surface area contributed by atoms with Crippen LogP contribution < -0.4 is 5.32 Å². The molecule has 1 saturated heterocycles. The van der Waals surface area contributed by atoms with Gasteiger partial charge in [-0.3, -0.25) is 4.90 Å². The third-order valence-electron chi connectivity index (χ3n) is 4.43. The summed E-state index contributed by atoms with van der Waals surface area (Å²) in [6, 6.07) is 10.4. The van der Waals surface area contributed by atoms with Gasteiger partial charge in [-0.25, -0.2) is 4.98 Å². The zero-order chi connectivity index (χ0) is 16.1. The highest BCUT2D eigenvalue weighted by Gasteiger charge is 2.20. The smallest absolute Gasteiger partial charge is 0.132 e. The number of rotatable bonds is 6. The predicted octanol–water partition coefficient (Wildman–Crippen LogP) is 2.25. The van der Waals surface area contributed by atoms with Gasteiger partial charge in [-0.2, -0.15) is 0 Å². The van der Waals surface area contributed by atoms with E-state index in [1.165, 1.54) is 6.42 Å². The molecule has 5 nitrogen and oxygen atoms in total. The molecule has 0 bridgehead atoms. The number of hydrogen-bond acceptors (Lipinski definition) is 5. The highest BCUT2D eigenvalue weighted by molar-refractivity contribution is 5.81. The molecular weight excluding hydrogens is 290 g/mol. The van der Waals surface area contributed by atoms with Crippen molar-refractivity contribution in [3.8, 4) is 0 Å². The highest BCUT2D eigenvalue weighted by Crippen LogP contribution is 2.23. The van der Waals surface area contributed by atoms with Crippen LogP contribution in [0, 0.1) is 0 Å². The zero-order valence-corrected chi connectivity index (χ0v) is 13.7. The fourth-order valence-electron chi connectivity index (χ4n) is 3.20. The Bertz CT molecular complexity index is 647. The fraction of sp³-hybridized carbons (Fsp3) is 0.500. The Morgan fingerprint density at radius 3 is 3.09 bits per heavy atom. The molecule has 124 valence electrons. The monoisotopic (exact) mass is 315 g/mol. The molecule has 1 atom stereocenters. The number of piperidine rings is 1. The van der Waals surface area contributed by atoms with Crippen LogP contribution in [0.15, 0.2) is 30.3 Å². The Labute approximate surface area is 137 Å². The minimum Gasteiger partial charge on any atom is -0.392 e. The lowest BCUT2D eigenvalue weighted by Gasteiger charge is -2.33. The van der Waals surface area contributed by atoms with Crippen LogP contribution in [0.4, 0.5) is 5.82 Å². The highest BCUT2D eigenvalue weighted by atomic mass is 16.5.